The molecular formula is C14H12Br3I3N3O3P. The fraction of sp³-hybridized carbons (Fsp3) is 0.214. The first-order chi connectivity index (χ1) is 12.3. The summed E-state index contributed by atoms with van der Waals surface area (Å²) in [4.78, 5) is 18.5. The van der Waals surface area contributed by atoms with Crippen LogP contribution < -0.4 is 5.56 Å². The molecule has 0 amide bonds. The number of hydrogen-bond acceptors (Lipinski definition) is 5. The van der Waals surface area contributed by atoms with Crippen molar-refractivity contribution in [2.24, 2.45) is 0 Å². The number of aromatic nitrogens is 3. The summed E-state index contributed by atoms with van der Waals surface area (Å²) in [6, 6.07) is 7.27. The average Bonchev–Trinajstić information content (AvgIpc) is 2.90. The van der Waals surface area contributed by atoms with Gasteiger partial charge in [0.25, 0.3) is 8.81 Å². The minimum Gasteiger partial charge on any atom is -0.339 e. The fourth-order valence-electron chi connectivity index (χ4n) is 1.82. The zero-order valence-electron chi connectivity index (χ0n) is 13.7. The Hall–Kier alpha value is 1.43. The molecule has 1 N–H and O–H groups in total. The molecule has 6 nitrogen and oxygen atoms in total. The van der Waals surface area contributed by atoms with Crippen molar-refractivity contribution in [3.05, 3.63) is 46.7 Å². The van der Waals surface area contributed by atoms with Crippen molar-refractivity contribution in [2.75, 3.05) is 0 Å². The summed E-state index contributed by atoms with van der Waals surface area (Å²) in [6.07, 6.45) is 1.61. The van der Waals surface area contributed by atoms with Crippen LogP contribution in [-0.2, 0) is 4.57 Å². The minimum absolute atomic E-state index is 0.121. The number of rotatable bonds is 1. The Labute approximate surface area is 220 Å². The van der Waals surface area contributed by atoms with E-state index in [2.05, 4.69) is 136 Å². The molecule has 3 aromatic rings. The average molecular weight is 922 g/mol. The largest absolute Gasteiger partial charge is 0.339 e. The number of H-pyrrole nitrogens is 1. The second kappa shape index (κ2) is 11.7. The number of halogens is 6. The van der Waals surface area contributed by atoms with Crippen molar-refractivity contribution in [2.45, 2.75) is 13.3 Å². The van der Waals surface area contributed by atoms with Crippen LogP contribution in [0, 0.1) is 6.92 Å². The maximum atomic E-state index is 11.6. The van der Waals surface area contributed by atoms with Gasteiger partial charge >= 0.3 is 0 Å². The third kappa shape index (κ3) is 12.0. The minimum atomic E-state index is -2.20. The van der Waals surface area contributed by atoms with Gasteiger partial charge in [-0.1, -0.05) is 85.1 Å². The number of alkyl halides is 3. The highest BCUT2D eigenvalue weighted by Gasteiger charge is 2.10. The number of fused-ring (bicyclic) bond motifs is 1. The lowest BCUT2D eigenvalue weighted by Crippen LogP contribution is -2.04. The van der Waals surface area contributed by atoms with E-state index < -0.39 is 3.25 Å². The molecule has 0 saturated heterocycles. The van der Waals surface area contributed by atoms with Crippen LogP contribution >= 0.6 is 117 Å². The zero-order chi connectivity index (χ0) is 20.8. The van der Waals surface area contributed by atoms with E-state index in [-0.39, 0.29) is 5.56 Å². The number of nitrogens with zero attached hydrogens (tertiary/aromatic N) is 2. The van der Waals surface area contributed by atoms with Crippen molar-refractivity contribution in [1.29, 1.82) is 0 Å². The van der Waals surface area contributed by atoms with Gasteiger partial charge in [0.05, 0.1) is 0 Å². The van der Waals surface area contributed by atoms with Gasteiger partial charge < -0.3 is 9.51 Å². The van der Waals surface area contributed by atoms with Crippen molar-refractivity contribution in [1.82, 2.24) is 15.1 Å². The van der Waals surface area contributed by atoms with Gasteiger partial charge in [0.2, 0.25) is 11.7 Å². The van der Waals surface area contributed by atoms with E-state index in [0.717, 1.165) is 10.9 Å². The maximum absolute atomic E-state index is 11.6. The van der Waals surface area contributed by atoms with Crippen LogP contribution in [0.3, 0.4) is 0 Å². The first-order valence-electron chi connectivity index (χ1n) is 6.92. The highest BCUT2D eigenvalue weighted by atomic mass is 127. The number of nitrogens with one attached hydrogen (secondary N) is 1. The molecular weight excluding hydrogens is 910 g/mol. The lowest BCUT2D eigenvalue weighted by Gasteiger charge is -2.00. The van der Waals surface area contributed by atoms with Gasteiger partial charge in [-0.3, -0.25) is 9.36 Å². The van der Waals surface area contributed by atoms with E-state index in [9.17, 15) is 9.36 Å². The molecule has 3 rings (SSSR count). The normalized spacial score (nSPS) is 11.3. The number of pyridine rings is 1. The summed E-state index contributed by atoms with van der Waals surface area (Å²) >= 11 is 15.3. The predicted octanol–water partition coefficient (Wildman–Crippen LogP) is 8.13. The third-order valence-electron chi connectivity index (χ3n) is 2.58. The number of hydrogen-bond donors (Lipinski definition) is 1. The molecule has 2 aromatic heterocycles. The summed E-state index contributed by atoms with van der Waals surface area (Å²) in [5.74, 6) is 1.00. The molecule has 0 saturated carbocycles. The van der Waals surface area contributed by atoms with Crippen molar-refractivity contribution >= 4 is 128 Å². The molecule has 1 aromatic carbocycles. The van der Waals surface area contributed by atoms with Gasteiger partial charge in [-0.15, -0.1) is 0 Å². The highest BCUT2D eigenvalue weighted by molar-refractivity contribution is 14.3. The third-order valence-corrected chi connectivity index (χ3v) is 2.58. The van der Waals surface area contributed by atoms with Crippen LogP contribution in [0.25, 0.3) is 22.2 Å². The first kappa shape index (κ1) is 26.5. The van der Waals surface area contributed by atoms with Gasteiger partial charge in [0, 0.05) is 70.5 Å². The molecule has 2 heterocycles. The van der Waals surface area contributed by atoms with Crippen LogP contribution in [-0.4, -0.2) is 14.6 Å². The van der Waals surface area contributed by atoms with Gasteiger partial charge in [-0.2, -0.15) is 4.98 Å². The fourth-order valence-corrected chi connectivity index (χ4v) is 1.82. The Morgan fingerprint density at radius 1 is 1.15 bits per heavy atom. The summed E-state index contributed by atoms with van der Waals surface area (Å²) in [6.45, 7) is 3.88. The number of benzene rings is 1. The topological polar surface area (TPSA) is 88.8 Å². The van der Waals surface area contributed by atoms with Gasteiger partial charge in [-0.05, 0) is 24.4 Å². The maximum Gasteiger partial charge on any atom is 0.268 e. The monoisotopic (exact) mass is 919 g/mol. The summed E-state index contributed by atoms with van der Waals surface area (Å²) in [5, 5.41) is 5.30. The molecule has 27 heavy (non-hydrogen) atoms. The zero-order valence-corrected chi connectivity index (χ0v) is 25.8. The highest BCUT2D eigenvalue weighted by Crippen LogP contribution is 2.68. The second-order valence-corrected chi connectivity index (χ2v) is 35.9. The molecule has 0 radical (unpaired) electrons. The molecule has 0 atom stereocenters. The smallest absolute Gasteiger partial charge is 0.268 e. The van der Waals surface area contributed by atoms with Crippen molar-refractivity contribution < 1.29 is 9.09 Å². The summed E-state index contributed by atoms with van der Waals surface area (Å²) in [5.41, 5.74) is 0.676. The molecule has 0 unspecified atom stereocenters. The van der Waals surface area contributed by atoms with Crippen molar-refractivity contribution in [3.63, 3.8) is 0 Å². The Bertz CT molecular complexity index is 987. The lowest BCUT2D eigenvalue weighted by molar-refractivity contribution is 0.394. The van der Waals surface area contributed by atoms with Crippen LogP contribution in [0.1, 0.15) is 12.8 Å². The Kier molecular flexibility index (Phi) is 11.5. The quantitative estimate of drug-likeness (QED) is 0.152. The molecule has 0 aliphatic rings. The molecule has 0 spiro atoms. The summed E-state index contributed by atoms with van der Waals surface area (Å²) < 4.78 is 13.1. The Balaban J connectivity index is 0.000000306. The first-order valence-corrected chi connectivity index (χ1v) is 17.9. The van der Waals surface area contributed by atoms with Crippen LogP contribution in [0.2, 0.25) is 0 Å². The van der Waals surface area contributed by atoms with E-state index in [1.54, 1.807) is 25.3 Å². The molecule has 0 bridgehead atoms. The molecule has 0 aliphatic heterocycles. The van der Waals surface area contributed by atoms with E-state index in [0.29, 0.717) is 16.5 Å². The Morgan fingerprint density at radius 2 is 1.70 bits per heavy atom. The lowest BCUT2D eigenvalue weighted by atomic mass is 10.1. The molecule has 148 valence electrons. The number of aryl methyl sites for hydroxylation is 1. The van der Waals surface area contributed by atoms with Crippen molar-refractivity contribution in [3.8, 4) is 11.4 Å². The molecule has 13 heteroatoms. The van der Waals surface area contributed by atoms with Gasteiger partial charge in [-0.25, -0.2) is 0 Å². The van der Waals surface area contributed by atoms with E-state index in [4.69, 9.17) is 4.52 Å². The van der Waals surface area contributed by atoms with Gasteiger partial charge in [0.1, 0.15) is -0.565 Å². The van der Waals surface area contributed by atoms with Crippen LogP contribution in [0.4, 0.5) is 0 Å². The second-order valence-electron chi connectivity index (χ2n) is 4.89. The van der Waals surface area contributed by atoms with Gasteiger partial charge in [0.15, 0.2) is 0 Å². The molecule has 0 fully saturated rings. The standard InChI is InChI=1S/C12H9N3O2.C2H3I3.Br3OP/c1-7-14-11(15-17-7)9-3-2-4-10-8(9)5-6-13-12(10)16;1-2(3,4)5;1-5(2,3)4/h2-6H,1H3,(H,13,16);1H3;. The number of aromatic amines is 1. The predicted molar refractivity (Wildman–Crippen MR) is 147 cm³/mol. The summed E-state index contributed by atoms with van der Waals surface area (Å²) in [7, 11) is 0. The van der Waals surface area contributed by atoms with E-state index in [1.807, 2.05) is 12.1 Å². The molecule has 0 aliphatic carbocycles. The van der Waals surface area contributed by atoms with E-state index in [1.165, 1.54) is 0 Å². The Morgan fingerprint density at radius 3 is 2.19 bits per heavy atom. The van der Waals surface area contributed by atoms with Crippen LogP contribution in [0.5, 0.6) is 0 Å². The van der Waals surface area contributed by atoms with E-state index >= 15 is 0 Å². The SMILES string of the molecule is CC(I)(I)I.Cc1nc(-c2cccc3c(=O)[nH]ccc23)no1.O=P(Br)(Br)Br. The van der Waals surface area contributed by atoms with Crippen LogP contribution in [0.15, 0.2) is 39.8 Å².